The molecule has 8 heteroatoms. The van der Waals surface area contributed by atoms with Gasteiger partial charge in [-0.1, -0.05) is 23.2 Å². The SMILES string of the molecule is Fc1cc(Cl)ccc1Nc1nc(Cl)nnc1Cl. The van der Waals surface area contributed by atoms with Gasteiger partial charge >= 0.3 is 0 Å². The van der Waals surface area contributed by atoms with Crippen LogP contribution in [-0.2, 0) is 0 Å². The fourth-order valence-corrected chi connectivity index (χ4v) is 1.50. The molecule has 0 aliphatic heterocycles. The van der Waals surface area contributed by atoms with Crippen molar-refractivity contribution < 1.29 is 4.39 Å². The number of benzene rings is 1. The maximum absolute atomic E-state index is 13.5. The average molecular weight is 294 g/mol. The van der Waals surface area contributed by atoms with Crippen LogP contribution in [0.25, 0.3) is 0 Å². The standard InChI is InChI=1S/C9H4Cl3FN4/c10-4-1-2-6(5(13)3-4)14-8-7(11)16-17-9(12)15-8/h1-3H,(H,14,15,17). The second-order valence-electron chi connectivity index (χ2n) is 2.97. The Morgan fingerprint density at radius 1 is 1.12 bits per heavy atom. The molecule has 0 radical (unpaired) electrons. The Morgan fingerprint density at radius 3 is 2.59 bits per heavy atom. The van der Waals surface area contributed by atoms with Crippen molar-refractivity contribution in [1.29, 1.82) is 0 Å². The lowest BCUT2D eigenvalue weighted by Gasteiger charge is -2.07. The fraction of sp³-hybridized carbons (Fsp3) is 0. The number of nitrogens with zero attached hydrogens (tertiary/aromatic N) is 3. The zero-order valence-corrected chi connectivity index (χ0v) is 10.4. The summed E-state index contributed by atoms with van der Waals surface area (Å²) in [6, 6.07) is 4.13. The van der Waals surface area contributed by atoms with Gasteiger partial charge in [-0.3, -0.25) is 0 Å². The zero-order chi connectivity index (χ0) is 12.4. The first-order valence-electron chi connectivity index (χ1n) is 4.34. The molecule has 1 aromatic carbocycles. The molecular weight excluding hydrogens is 289 g/mol. The van der Waals surface area contributed by atoms with Gasteiger partial charge in [-0.15, -0.1) is 10.2 Å². The molecule has 1 heterocycles. The number of aromatic nitrogens is 3. The van der Waals surface area contributed by atoms with Crippen LogP contribution in [-0.4, -0.2) is 15.2 Å². The third-order valence-corrected chi connectivity index (χ3v) is 2.45. The molecule has 0 saturated heterocycles. The van der Waals surface area contributed by atoms with Gasteiger partial charge in [0.1, 0.15) is 5.82 Å². The van der Waals surface area contributed by atoms with Crippen LogP contribution in [0.4, 0.5) is 15.9 Å². The van der Waals surface area contributed by atoms with Gasteiger partial charge in [0.2, 0.25) is 5.28 Å². The molecule has 0 amide bonds. The zero-order valence-electron chi connectivity index (χ0n) is 8.09. The highest BCUT2D eigenvalue weighted by atomic mass is 35.5. The number of halogens is 4. The van der Waals surface area contributed by atoms with Crippen molar-refractivity contribution in [3.8, 4) is 0 Å². The highest BCUT2D eigenvalue weighted by Gasteiger charge is 2.09. The Balaban J connectivity index is 2.34. The topological polar surface area (TPSA) is 50.7 Å². The monoisotopic (exact) mass is 292 g/mol. The van der Waals surface area contributed by atoms with E-state index in [1.807, 2.05) is 0 Å². The largest absolute Gasteiger partial charge is 0.335 e. The van der Waals surface area contributed by atoms with Gasteiger partial charge in [0.15, 0.2) is 11.0 Å². The number of nitrogens with one attached hydrogen (secondary N) is 1. The lowest BCUT2D eigenvalue weighted by molar-refractivity contribution is 0.632. The van der Waals surface area contributed by atoms with Gasteiger partial charge in [0.25, 0.3) is 0 Å². The van der Waals surface area contributed by atoms with E-state index in [1.54, 1.807) is 0 Å². The first-order valence-corrected chi connectivity index (χ1v) is 5.47. The maximum atomic E-state index is 13.5. The van der Waals surface area contributed by atoms with Gasteiger partial charge in [0.05, 0.1) is 5.69 Å². The van der Waals surface area contributed by atoms with Crippen LogP contribution in [0.5, 0.6) is 0 Å². The quantitative estimate of drug-likeness (QED) is 0.917. The molecule has 2 rings (SSSR count). The van der Waals surface area contributed by atoms with Gasteiger partial charge in [-0.25, -0.2) is 4.39 Å². The summed E-state index contributed by atoms with van der Waals surface area (Å²) in [5.74, 6) is -0.420. The summed E-state index contributed by atoms with van der Waals surface area (Å²) in [6.45, 7) is 0. The molecule has 0 aliphatic carbocycles. The van der Waals surface area contributed by atoms with Crippen molar-refractivity contribution in [1.82, 2.24) is 15.2 Å². The van der Waals surface area contributed by atoms with E-state index in [2.05, 4.69) is 20.5 Å². The first kappa shape index (κ1) is 12.3. The third kappa shape index (κ3) is 2.94. The van der Waals surface area contributed by atoms with Crippen LogP contribution in [0, 0.1) is 5.82 Å². The van der Waals surface area contributed by atoms with Crippen LogP contribution in [0.1, 0.15) is 0 Å². The minimum absolute atomic E-state index is 0.0104. The van der Waals surface area contributed by atoms with Gasteiger partial charge in [-0.05, 0) is 29.8 Å². The number of hydrogen-bond acceptors (Lipinski definition) is 4. The molecule has 0 unspecified atom stereocenters. The molecule has 88 valence electrons. The third-order valence-electron chi connectivity index (χ3n) is 1.80. The summed E-state index contributed by atoms with van der Waals surface area (Å²) in [5.41, 5.74) is 0.160. The highest BCUT2D eigenvalue weighted by Crippen LogP contribution is 2.25. The predicted octanol–water partition coefficient (Wildman–Crippen LogP) is 3.71. The van der Waals surface area contributed by atoms with Crippen LogP contribution < -0.4 is 5.32 Å². The Hall–Kier alpha value is -1.17. The van der Waals surface area contributed by atoms with Crippen LogP contribution in [0.2, 0.25) is 15.5 Å². The van der Waals surface area contributed by atoms with Crippen molar-refractivity contribution in [3.05, 3.63) is 39.5 Å². The van der Waals surface area contributed by atoms with Crippen molar-refractivity contribution in [2.45, 2.75) is 0 Å². The van der Waals surface area contributed by atoms with Gasteiger partial charge in [0, 0.05) is 5.02 Å². The highest BCUT2D eigenvalue weighted by molar-refractivity contribution is 6.32. The predicted molar refractivity (Wildman–Crippen MR) is 64.5 cm³/mol. The lowest BCUT2D eigenvalue weighted by Crippen LogP contribution is -2.00. The summed E-state index contributed by atoms with van der Waals surface area (Å²) in [5, 5.41) is 9.80. The Morgan fingerprint density at radius 2 is 1.88 bits per heavy atom. The molecule has 1 N–H and O–H groups in total. The van der Waals surface area contributed by atoms with Crippen molar-refractivity contribution in [2.75, 3.05) is 5.32 Å². The van der Waals surface area contributed by atoms with E-state index < -0.39 is 5.82 Å². The van der Waals surface area contributed by atoms with E-state index >= 15 is 0 Å². The summed E-state index contributed by atoms with van der Waals surface area (Å²) < 4.78 is 13.5. The normalized spacial score (nSPS) is 10.4. The molecule has 4 nitrogen and oxygen atoms in total. The molecule has 0 aliphatic rings. The lowest BCUT2D eigenvalue weighted by atomic mass is 10.3. The Bertz CT molecular complexity index is 564. The smallest absolute Gasteiger partial charge is 0.245 e. The second-order valence-corrected chi connectivity index (χ2v) is 4.10. The summed E-state index contributed by atoms with van der Waals surface area (Å²) >= 11 is 16.9. The summed E-state index contributed by atoms with van der Waals surface area (Å²) in [7, 11) is 0. The molecule has 2 aromatic rings. The van der Waals surface area contributed by atoms with Crippen LogP contribution in [0.15, 0.2) is 18.2 Å². The van der Waals surface area contributed by atoms with E-state index in [0.717, 1.165) is 6.07 Å². The van der Waals surface area contributed by atoms with Crippen LogP contribution in [0.3, 0.4) is 0 Å². The fourth-order valence-electron chi connectivity index (χ4n) is 1.09. The van der Waals surface area contributed by atoms with E-state index in [1.165, 1.54) is 12.1 Å². The number of hydrogen-bond donors (Lipinski definition) is 1. The first-order chi connectivity index (χ1) is 8.06. The summed E-state index contributed by atoms with van der Waals surface area (Å²) in [4.78, 5) is 3.78. The molecule has 1 aromatic heterocycles. The molecule has 0 fully saturated rings. The Labute approximate surface area is 111 Å². The molecule has 0 atom stereocenters. The molecule has 0 saturated carbocycles. The minimum Gasteiger partial charge on any atom is -0.335 e. The van der Waals surface area contributed by atoms with E-state index in [0.29, 0.717) is 0 Å². The molecule has 0 spiro atoms. The van der Waals surface area contributed by atoms with Gasteiger partial charge in [-0.2, -0.15) is 4.98 Å². The van der Waals surface area contributed by atoms with Crippen molar-refractivity contribution in [2.24, 2.45) is 0 Å². The number of anilines is 2. The van der Waals surface area contributed by atoms with Crippen LogP contribution >= 0.6 is 34.8 Å². The van der Waals surface area contributed by atoms with E-state index in [-0.39, 0.29) is 27.0 Å². The van der Waals surface area contributed by atoms with Crippen molar-refractivity contribution in [3.63, 3.8) is 0 Å². The molecule has 0 bridgehead atoms. The second kappa shape index (κ2) is 5.00. The average Bonchev–Trinajstić information content (AvgIpc) is 2.27. The van der Waals surface area contributed by atoms with Gasteiger partial charge < -0.3 is 5.32 Å². The maximum Gasteiger partial charge on any atom is 0.245 e. The molecular formula is C9H4Cl3FN4. The van der Waals surface area contributed by atoms with E-state index in [9.17, 15) is 4.39 Å². The Kier molecular flexibility index (Phi) is 3.61. The minimum atomic E-state index is -0.539. The van der Waals surface area contributed by atoms with Crippen molar-refractivity contribution >= 4 is 46.3 Å². The number of rotatable bonds is 2. The summed E-state index contributed by atoms with van der Waals surface area (Å²) in [6.07, 6.45) is 0. The van der Waals surface area contributed by atoms with E-state index in [4.69, 9.17) is 34.8 Å². The molecule has 17 heavy (non-hydrogen) atoms.